The molecule has 1 heterocycles. The van der Waals surface area contributed by atoms with Crippen LogP contribution in [0.25, 0.3) is 22.4 Å². The topological polar surface area (TPSA) is 23.8 Å². The zero-order valence-electron chi connectivity index (χ0n) is 10.2. The number of nitrogens with zero attached hydrogens (tertiary/aromatic N) is 1. The lowest BCUT2D eigenvalue weighted by Gasteiger charge is -2.02. The molecule has 0 bridgehead atoms. The van der Waals surface area contributed by atoms with Gasteiger partial charge < -0.3 is 0 Å². The van der Waals surface area contributed by atoms with Crippen molar-refractivity contribution in [3.8, 4) is 6.07 Å². The van der Waals surface area contributed by atoms with E-state index in [2.05, 4.69) is 24.3 Å². The van der Waals surface area contributed by atoms with Crippen LogP contribution in [0.5, 0.6) is 0 Å². The van der Waals surface area contributed by atoms with Gasteiger partial charge in [0.15, 0.2) is 0 Å². The van der Waals surface area contributed by atoms with E-state index in [0.29, 0.717) is 5.57 Å². The Labute approximate surface area is 116 Å². The lowest BCUT2D eigenvalue weighted by atomic mass is 10.0. The highest BCUT2D eigenvalue weighted by molar-refractivity contribution is 7.11. The molecule has 19 heavy (non-hydrogen) atoms. The Bertz CT molecular complexity index is 771. The molecule has 0 saturated carbocycles. The number of hydrogen-bond acceptors (Lipinski definition) is 2. The maximum Gasteiger partial charge on any atom is 0.101 e. The van der Waals surface area contributed by atoms with Gasteiger partial charge in [0.25, 0.3) is 0 Å². The summed E-state index contributed by atoms with van der Waals surface area (Å²) >= 11 is 1.59. The lowest BCUT2D eigenvalue weighted by Crippen LogP contribution is -1.80. The molecule has 0 saturated heterocycles. The third-order valence-electron chi connectivity index (χ3n) is 3.03. The van der Waals surface area contributed by atoms with E-state index in [4.69, 9.17) is 0 Å². The van der Waals surface area contributed by atoms with E-state index in [-0.39, 0.29) is 0 Å². The first-order valence-electron chi connectivity index (χ1n) is 6.02. The van der Waals surface area contributed by atoms with Crippen LogP contribution in [0.1, 0.15) is 10.4 Å². The van der Waals surface area contributed by atoms with Crippen molar-refractivity contribution in [3.05, 3.63) is 70.4 Å². The Hall–Kier alpha value is -2.37. The number of hydrogen-bond donors (Lipinski definition) is 0. The number of nitriles is 1. The Balaban J connectivity index is 2.18. The average Bonchev–Trinajstić information content (AvgIpc) is 2.99. The normalized spacial score (nSPS) is 11.4. The van der Waals surface area contributed by atoms with Crippen LogP contribution < -0.4 is 0 Å². The summed E-state index contributed by atoms with van der Waals surface area (Å²) in [7, 11) is 0. The summed E-state index contributed by atoms with van der Waals surface area (Å²) in [5, 5.41) is 13.7. The lowest BCUT2D eigenvalue weighted by molar-refractivity contribution is 1.54. The van der Waals surface area contributed by atoms with Crippen molar-refractivity contribution < 1.29 is 0 Å². The zero-order chi connectivity index (χ0) is 13.1. The summed E-state index contributed by atoms with van der Waals surface area (Å²) in [4.78, 5) is 1.01. The van der Waals surface area contributed by atoms with Crippen molar-refractivity contribution >= 4 is 33.8 Å². The summed E-state index contributed by atoms with van der Waals surface area (Å²) in [5.74, 6) is 0. The summed E-state index contributed by atoms with van der Waals surface area (Å²) < 4.78 is 0. The number of benzene rings is 2. The molecule has 3 rings (SSSR count). The highest BCUT2D eigenvalue weighted by atomic mass is 32.1. The van der Waals surface area contributed by atoms with E-state index in [1.807, 2.05) is 47.9 Å². The van der Waals surface area contributed by atoms with Gasteiger partial charge in [-0.15, -0.1) is 11.3 Å². The predicted molar refractivity (Wildman–Crippen MR) is 81.8 cm³/mol. The predicted octanol–water partition coefficient (Wildman–Crippen LogP) is 4.97. The largest absolute Gasteiger partial charge is 0.192 e. The first-order valence-corrected chi connectivity index (χ1v) is 6.90. The van der Waals surface area contributed by atoms with E-state index >= 15 is 0 Å². The van der Waals surface area contributed by atoms with Gasteiger partial charge in [0.1, 0.15) is 6.07 Å². The third kappa shape index (κ3) is 2.29. The number of fused-ring (bicyclic) bond motifs is 1. The summed E-state index contributed by atoms with van der Waals surface area (Å²) in [6.45, 7) is 0. The standard InChI is InChI=1S/C17H11NS/c18-12-15(17-9-4-10-19-17)11-14-7-3-6-13-5-1-2-8-16(13)14/h1-11H/b15-11+. The molecule has 0 unspecified atom stereocenters. The third-order valence-corrected chi connectivity index (χ3v) is 3.93. The van der Waals surface area contributed by atoms with E-state index in [0.717, 1.165) is 10.4 Å². The number of thiophene rings is 1. The molecule has 0 atom stereocenters. The van der Waals surface area contributed by atoms with Crippen molar-refractivity contribution in [1.29, 1.82) is 5.26 Å². The molecule has 2 aromatic carbocycles. The SMILES string of the molecule is N#C/C(=C\c1cccc2ccccc12)c1cccs1. The van der Waals surface area contributed by atoms with Gasteiger partial charge in [-0.2, -0.15) is 5.26 Å². The van der Waals surface area contributed by atoms with E-state index < -0.39 is 0 Å². The molecule has 3 aromatic rings. The van der Waals surface area contributed by atoms with Crippen LogP contribution >= 0.6 is 11.3 Å². The van der Waals surface area contributed by atoms with Gasteiger partial charge in [-0.3, -0.25) is 0 Å². The Morgan fingerprint density at radius 2 is 1.84 bits per heavy atom. The van der Waals surface area contributed by atoms with Gasteiger partial charge in [-0.05, 0) is 33.9 Å². The first kappa shape index (κ1) is 11.7. The van der Waals surface area contributed by atoms with Crippen LogP contribution in [0.2, 0.25) is 0 Å². The molecule has 0 fully saturated rings. The van der Waals surface area contributed by atoms with Crippen molar-refractivity contribution in [2.24, 2.45) is 0 Å². The van der Waals surface area contributed by atoms with Crippen molar-refractivity contribution in [1.82, 2.24) is 0 Å². The molecule has 0 amide bonds. The monoisotopic (exact) mass is 261 g/mol. The number of rotatable bonds is 2. The van der Waals surface area contributed by atoms with Gasteiger partial charge in [0.05, 0.1) is 5.57 Å². The Kier molecular flexibility index (Phi) is 3.14. The molecule has 2 heteroatoms. The minimum absolute atomic E-state index is 0.714. The Morgan fingerprint density at radius 3 is 2.63 bits per heavy atom. The van der Waals surface area contributed by atoms with Crippen molar-refractivity contribution in [2.75, 3.05) is 0 Å². The van der Waals surface area contributed by atoms with Gasteiger partial charge in [-0.1, -0.05) is 48.5 Å². The van der Waals surface area contributed by atoms with Gasteiger partial charge >= 0.3 is 0 Å². The van der Waals surface area contributed by atoms with Gasteiger partial charge in [0, 0.05) is 4.88 Å². The van der Waals surface area contributed by atoms with E-state index in [1.54, 1.807) is 11.3 Å². The fourth-order valence-electron chi connectivity index (χ4n) is 2.12. The minimum Gasteiger partial charge on any atom is -0.192 e. The quantitative estimate of drug-likeness (QED) is 0.598. The molecule has 90 valence electrons. The summed E-state index contributed by atoms with van der Waals surface area (Å²) in [5.41, 5.74) is 1.80. The first-order chi connectivity index (χ1) is 9.38. The zero-order valence-corrected chi connectivity index (χ0v) is 11.0. The van der Waals surface area contributed by atoms with Crippen LogP contribution in [-0.4, -0.2) is 0 Å². The molecular weight excluding hydrogens is 250 g/mol. The van der Waals surface area contributed by atoms with Gasteiger partial charge in [-0.25, -0.2) is 0 Å². The highest BCUT2D eigenvalue weighted by Gasteiger charge is 2.03. The molecule has 1 aromatic heterocycles. The molecular formula is C17H11NS. The van der Waals surface area contributed by atoms with Crippen LogP contribution in [0.15, 0.2) is 60.0 Å². The molecule has 0 N–H and O–H groups in total. The number of allylic oxidation sites excluding steroid dienone is 1. The van der Waals surface area contributed by atoms with Crippen molar-refractivity contribution in [2.45, 2.75) is 0 Å². The van der Waals surface area contributed by atoms with Crippen LogP contribution in [0.4, 0.5) is 0 Å². The molecule has 0 aliphatic heterocycles. The van der Waals surface area contributed by atoms with E-state index in [1.165, 1.54) is 10.8 Å². The summed E-state index contributed by atoms with van der Waals surface area (Å²) in [6, 6.07) is 20.6. The summed E-state index contributed by atoms with van der Waals surface area (Å²) in [6.07, 6.45) is 1.97. The maximum atomic E-state index is 9.32. The molecule has 0 radical (unpaired) electrons. The fourth-order valence-corrected chi connectivity index (χ4v) is 2.81. The second-order valence-electron chi connectivity index (χ2n) is 4.22. The van der Waals surface area contributed by atoms with Crippen LogP contribution in [0, 0.1) is 11.3 Å². The second kappa shape index (κ2) is 5.09. The fraction of sp³-hybridized carbons (Fsp3) is 0. The average molecular weight is 261 g/mol. The maximum absolute atomic E-state index is 9.32. The molecule has 0 aliphatic rings. The Morgan fingerprint density at radius 1 is 1.00 bits per heavy atom. The molecule has 1 nitrogen and oxygen atoms in total. The highest BCUT2D eigenvalue weighted by Crippen LogP contribution is 2.26. The van der Waals surface area contributed by atoms with Gasteiger partial charge in [0.2, 0.25) is 0 Å². The van der Waals surface area contributed by atoms with Crippen molar-refractivity contribution in [3.63, 3.8) is 0 Å². The molecule has 0 aliphatic carbocycles. The van der Waals surface area contributed by atoms with E-state index in [9.17, 15) is 5.26 Å². The minimum atomic E-state index is 0.714. The molecule has 0 spiro atoms. The smallest absolute Gasteiger partial charge is 0.101 e. The van der Waals surface area contributed by atoms with Crippen LogP contribution in [0.3, 0.4) is 0 Å². The van der Waals surface area contributed by atoms with Crippen LogP contribution in [-0.2, 0) is 0 Å². The second-order valence-corrected chi connectivity index (χ2v) is 5.16.